The fraction of sp³-hybridized carbons (Fsp3) is 0.333. The Morgan fingerprint density at radius 3 is 2.00 bits per heavy atom. The number of hydrogen-bond donors (Lipinski definition) is 0. The first kappa shape index (κ1) is 9.24. The molecule has 0 aromatic heterocycles. The molecule has 0 heterocycles. The van der Waals surface area contributed by atoms with Crippen LogP contribution in [0.2, 0.25) is 5.28 Å². The van der Waals surface area contributed by atoms with E-state index in [1.165, 1.54) is 21.6 Å². The normalized spacial score (nSPS) is 4.80. The van der Waals surface area contributed by atoms with Crippen LogP contribution in [0.5, 0.6) is 0 Å². The van der Waals surface area contributed by atoms with Crippen LogP contribution in [0, 0.1) is 0 Å². The third-order valence-corrected chi connectivity index (χ3v) is 0.866. The summed E-state index contributed by atoms with van der Waals surface area (Å²) in [4.78, 5) is 0. The fourth-order valence-electron chi connectivity index (χ4n) is 0. The summed E-state index contributed by atoms with van der Waals surface area (Å²) >= 11 is 1.27. The summed E-state index contributed by atoms with van der Waals surface area (Å²) in [5, 5.41) is 1.22. The molecule has 0 saturated heterocycles. The predicted octanol–water partition coefficient (Wildman–Crippen LogP) is 0.221. The Hall–Kier alpha value is 0.779. The Morgan fingerprint density at radius 1 is 1.80 bits per heavy atom. The van der Waals surface area contributed by atoms with E-state index in [0.29, 0.717) is 0 Å². The van der Waals surface area contributed by atoms with Crippen LogP contribution in [-0.4, -0.2) is 16.3 Å². The van der Waals surface area contributed by atoms with E-state index >= 15 is 0 Å². The zero-order valence-electron chi connectivity index (χ0n) is 3.32. The van der Waals surface area contributed by atoms with Crippen molar-refractivity contribution in [1.29, 1.82) is 0 Å². The molecule has 0 bridgehead atoms. The van der Waals surface area contributed by atoms with Crippen molar-refractivity contribution in [1.82, 2.24) is 0 Å². The van der Waals surface area contributed by atoms with Crippen molar-refractivity contribution < 1.29 is 16.8 Å². The van der Waals surface area contributed by atoms with E-state index in [0.717, 1.165) is 0 Å². The Labute approximate surface area is 51.3 Å². The zero-order valence-corrected chi connectivity index (χ0v) is 6.37. The SMILES string of the molecule is C=C[CH2][AlH2].[Co]. The molecule has 0 saturated carbocycles. The van der Waals surface area contributed by atoms with Crippen molar-refractivity contribution in [3.05, 3.63) is 12.7 Å². The molecule has 0 rings (SSSR count). The van der Waals surface area contributed by atoms with Crippen LogP contribution in [0.3, 0.4) is 0 Å². The van der Waals surface area contributed by atoms with E-state index in [1.807, 2.05) is 6.08 Å². The van der Waals surface area contributed by atoms with E-state index in [9.17, 15) is 0 Å². The molecular weight excluding hydrogens is 122 g/mol. The predicted molar refractivity (Wildman–Crippen MR) is 23.5 cm³/mol. The van der Waals surface area contributed by atoms with Crippen molar-refractivity contribution in [2.75, 3.05) is 0 Å². The summed E-state index contributed by atoms with van der Waals surface area (Å²) in [6.07, 6.45) is 1.94. The summed E-state index contributed by atoms with van der Waals surface area (Å²) in [5.41, 5.74) is 0. The van der Waals surface area contributed by atoms with Crippen LogP contribution in [0.4, 0.5) is 0 Å². The first-order valence-corrected chi connectivity index (χ1v) is 2.94. The molecule has 2 heteroatoms. The van der Waals surface area contributed by atoms with Gasteiger partial charge in [0.1, 0.15) is 0 Å². The molecule has 0 amide bonds. The van der Waals surface area contributed by atoms with Gasteiger partial charge in [-0.3, -0.25) is 0 Å². The van der Waals surface area contributed by atoms with Crippen LogP contribution >= 0.6 is 0 Å². The van der Waals surface area contributed by atoms with Crippen LogP contribution < -0.4 is 0 Å². The average molecular weight is 129 g/mol. The molecule has 0 aliphatic rings. The molecule has 0 aliphatic heterocycles. The minimum Gasteiger partial charge on any atom is -0.105 e. The maximum absolute atomic E-state index is 3.51. The van der Waals surface area contributed by atoms with Gasteiger partial charge in [-0.1, -0.05) is 5.28 Å². The number of allylic oxidation sites excluding steroid dienone is 1. The quantitative estimate of drug-likeness (QED) is 0.351. The average Bonchev–Trinajstić information content (AvgIpc) is 1.37. The second kappa shape index (κ2) is 8.84. The molecule has 0 nitrogen and oxygen atoms in total. The van der Waals surface area contributed by atoms with Crippen LogP contribution in [0.25, 0.3) is 0 Å². The van der Waals surface area contributed by atoms with E-state index < -0.39 is 0 Å². The van der Waals surface area contributed by atoms with Gasteiger partial charge in [-0.05, 0) is 0 Å². The summed E-state index contributed by atoms with van der Waals surface area (Å²) in [6, 6.07) is 0. The molecule has 0 aromatic carbocycles. The van der Waals surface area contributed by atoms with Gasteiger partial charge in [0.2, 0.25) is 16.3 Å². The molecule has 0 fully saturated rings. The molecular formula is C3H7AlCo. The largest absolute Gasteiger partial charge is 0.217 e. The second-order valence-corrected chi connectivity index (χ2v) is 1.51. The minimum absolute atomic E-state index is 0. The number of rotatable bonds is 1. The molecule has 0 aliphatic carbocycles. The maximum atomic E-state index is 3.51. The molecule has 0 N–H and O–H groups in total. The van der Waals surface area contributed by atoms with Gasteiger partial charge in [0.15, 0.2) is 0 Å². The van der Waals surface area contributed by atoms with Gasteiger partial charge in [0.25, 0.3) is 0 Å². The van der Waals surface area contributed by atoms with E-state index in [-0.39, 0.29) is 16.8 Å². The molecule has 31 valence electrons. The summed E-state index contributed by atoms with van der Waals surface area (Å²) < 4.78 is 0. The van der Waals surface area contributed by atoms with Crippen molar-refractivity contribution in [3.63, 3.8) is 0 Å². The van der Waals surface area contributed by atoms with Crippen LogP contribution in [0.15, 0.2) is 12.7 Å². The van der Waals surface area contributed by atoms with Gasteiger partial charge in [0.05, 0.1) is 0 Å². The fourth-order valence-corrected chi connectivity index (χ4v) is 0. The number of hydrogen-bond acceptors (Lipinski definition) is 0. The topological polar surface area (TPSA) is 0 Å². The Morgan fingerprint density at radius 2 is 2.00 bits per heavy atom. The van der Waals surface area contributed by atoms with Gasteiger partial charge >= 0.3 is 0 Å². The van der Waals surface area contributed by atoms with Crippen molar-refractivity contribution >= 4 is 16.3 Å². The molecule has 0 atom stereocenters. The smallest absolute Gasteiger partial charge is 0.105 e. The first-order chi connectivity index (χ1) is 1.91. The molecule has 5 heavy (non-hydrogen) atoms. The van der Waals surface area contributed by atoms with Gasteiger partial charge < -0.3 is 0 Å². The van der Waals surface area contributed by atoms with Gasteiger partial charge in [-0.25, -0.2) is 0 Å². The van der Waals surface area contributed by atoms with E-state index in [4.69, 9.17) is 0 Å². The van der Waals surface area contributed by atoms with E-state index in [1.54, 1.807) is 0 Å². The standard InChI is InChI=1S/C3H5.Al.Co.2H/c1-3-2;;;;/h3H,1-2H2;;;;. The first-order valence-electron chi connectivity index (χ1n) is 1.52. The minimum atomic E-state index is 0. The van der Waals surface area contributed by atoms with Gasteiger partial charge in [-0.2, -0.15) is 0 Å². The Kier molecular flexibility index (Phi) is 16.3. The summed E-state index contributed by atoms with van der Waals surface area (Å²) in [6.45, 7) is 3.51. The molecule has 1 radical (unpaired) electrons. The Bertz CT molecular complexity index is 20.9. The molecule has 0 unspecified atom stereocenters. The van der Waals surface area contributed by atoms with Crippen LogP contribution in [0.1, 0.15) is 0 Å². The second-order valence-electron chi connectivity index (χ2n) is 0.697. The summed E-state index contributed by atoms with van der Waals surface area (Å²) in [7, 11) is 0. The molecule has 0 spiro atoms. The third-order valence-electron chi connectivity index (χ3n) is 0.289. The van der Waals surface area contributed by atoms with Crippen LogP contribution in [-0.2, 0) is 16.8 Å². The van der Waals surface area contributed by atoms with Crippen molar-refractivity contribution in [2.45, 2.75) is 5.28 Å². The molecule has 0 aromatic rings. The van der Waals surface area contributed by atoms with Crippen molar-refractivity contribution in [3.8, 4) is 0 Å². The maximum Gasteiger partial charge on any atom is 0.217 e. The third kappa shape index (κ3) is 11.7. The van der Waals surface area contributed by atoms with Gasteiger partial charge in [0, 0.05) is 16.8 Å². The van der Waals surface area contributed by atoms with E-state index in [2.05, 4.69) is 6.58 Å². The zero-order chi connectivity index (χ0) is 3.41. The van der Waals surface area contributed by atoms with Crippen molar-refractivity contribution in [2.24, 2.45) is 0 Å². The Balaban J connectivity index is 0. The summed E-state index contributed by atoms with van der Waals surface area (Å²) in [5.74, 6) is 0. The monoisotopic (exact) mass is 129 g/mol. The van der Waals surface area contributed by atoms with Gasteiger partial charge in [-0.15, -0.1) is 12.7 Å².